The third-order valence-electron chi connectivity index (χ3n) is 3.02. The average Bonchev–Trinajstić information content (AvgIpc) is 2.79. The third kappa shape index (κ3) is 4.63. The molecule has 0 aromatic heterocycles. The Morgan fingerprint density at radius 3 is 2.77 bits per heavy atom. The number of unbranched alkanes of at least 4 members (excludes halogenated alkanes) is 1. The Morgan fingerprint density at radius 1 is 1.54 bits per heavy atom. The Bertz CT molecular complexity index is 136. The standard InChI is InChI=1S/C11H24N2/c1-3-4-5-11(12)8-13-7-10-6-9(10)2/h9-11,13H,3-8,12H2,1-2H3. The fraction of sp³-hybridized carbons (Fsp3) is 1.00. The van der Waals surface area contributed by atoms with Gasteiger partial charge in [-0.05, 0) is 31.2 Å². The molecule has 0 aliphatic heterocycles. The monoisotopic (exact) mass is 184 g/mol. The number of nitrogens with two attached hydrogens (primary N) is 1. The maximum Gasteiger partial charge on any atom is 0.0165 e. The Labute approximate surface area is 82.3 Å². The van der Waals surface area contributed by atoms with Gasteiger partial charge in [-0.25, -0.2) is 0 Å². The van der Waals surface area contributed by atoms with E-state index in [2.05, 4.69) is 19.2 Å². The molecule has 3 atom stereocenters. The predicted molar refractivity (Wildman–Crippen MR) is 57.6 cm³/mol. The van der Waals surface area contributed by atoms with Gasteiger partial charge in [0.25, 0.3) is 0 Å². The molecule has 1 rings (SSSR count). The van der Waals surface area contributed by atoms with Crippen LogP contribution in [0.1, 0.15) is 39.5 Å². The van der Waals surface area contributed by atoms with Crippen LogP contribution < -0.4 is 11.1 Å². The van der Waals surface area contributed by atoms with E-state index in [0.29, 0.717) is 6.04 Å². The van der Waals surface area contributed by atoms with Crippen molar-refractivity contribution in [1.29, 1.82) is 0 Å². The Morgan fingerprint density at radius 2 is 2.23 bits per heavy atom. The van der Waals surface area contributed by atoms with Gasteiger partial charge < -0.3 is 11.1 Å². The summed E-state index contributed by atoms with van der Waals surface area (Å²) in [5.41, 5.74) is 5.94. The van der Waals surface area contributed by atoms with Crippen LogP contribution in [0.5, 0.6) is 0 Å². The van der Waals surface area contributed by atoms with Crippen molar-refractivity contribution < 1.29 is 0 Å². The molecule has 1 saturated carbocycles. The first-order chi connectivity index (χ1) is 6.24. The second kappa shape index (κ2) is 5.61. The van der Waals surface area contributed by atoms with Gasteiger partial charge in [-0.1, -0.05) is 26.7 Å². The lowest BCUT2D eigenvalue weighted by atomic mass is 10.1. The molecule has 1 fully saturated rings. The van der Waals surface area contributed by atoms with Crippen molar-refractivity contribution in [3.63, 3.8) is 0 Å². The summed E-state index contributed by atoms with van der Waals surface area (Å²) in [6.45, 7) is 6.72. The van der Waals surface area contributed by atoms with Gasteiger partial charge in [0.15, 0.2) is 0 Å². The van der Waals surface area contributed by atoms with Crippen molar-refractivity contribution in [1.82, 2.24) is 5.32 Å². The zero-order chi connectivity index (χ0) is 9.68. The van der Waals surface area contributed by atoms with Gasteiger partial charge in [0, 0.05) is 12.6 Å². The van der Waals surface area contributed by atoms with Crippen LogP contribution in [0.3, 0.4) is 0 Å². The van der Waals surface area contributed by atoms with Gasteiger partial charge in [0.1, 0.15) is 0 Å². The molecule has 13 heavy (non-hydrogen) atoms. The number of hydrogen-bond donors (Lipinski definition) is 2. The van der Waals surface area contributed by atoms with Crippen LogP contribution in [0.4, 0.5) is 0 Å². The summed E-state index contributed by atoms with van der Waals surface area (Å²) in [6.07, 6.45) is 5.11. The minimum absolute atomic E-state index is 0.369. The summed E-state index contributed by atoms with van der Waals surface area (Å²) < 4.78 is 0. The van der Waals surface area contributed by atoms with Crippen LogP contribution in [-0.4, -0.2) is 19.1 Å². The van der Waals surface area contributed by atoms with Crippen molar-refractivity contribution in [3.05, 3.63) is 0 Å². The van der Waals surface area contributed by atoms with Gasteiger partial charge in [-0.15, -0.1) is 0 Å². The van der Waals surface area contributed by atoms with E-state index >= 15 is 0 Å². The second-order valence-corrected chi connectivity index (χ2v) is 4.53. The molecular weight excluding hydrogens is 160 g/mol. The fourth-order valence-electron chi connectivity index (χ4n) is 1.71. The molecule has 0 saturated heterocycles. The van der Waals surface area contributed by atoms with E-state index in [4.69, 9.17) is 5.73 Å². The Hall–Kier alpha value is -0.0800. The molecule has 0 bridgehead atoms. The molecule has 1 aliphatic rings. The van der Waals surface area contributed by atoms with E-state index in [1.165, 1.54) is 32.2 Å². The lowest BCUT2D eigenvalue weighted by Crippen LogP contribution is -2.34. The molecule has 3 unspecified atom stereocenters. The third-order valence-corrected chi connectivity index (χ3v) is 3.02. The maximum absolute atomic E-state index is 5.94. The molecule has 2 nitrogen and oxygen atoms in total. The molecule has 0 spiro atoms. The molecule has 0 radical (unpaired) electrons. The fourth-order valence-corrected chi connectivity index (χ4v) is 1.71. The van der Waals surface area contributed by atoms with E-state index < -0.39 is 0 Å². The van der Waals surface area contributed by atoms with Gasteiger partial charge in [0.05, 0.1) is 0 Å². The smallest absolute Gasteiger partial charge is 0.0165 e. The Balaban J connectivity index is 1.86. The normalized spacial score (nSPS) is 28.8. The van der Waals surface area contributed by atoms with Gasteiger partial charge >= 0.3 is 0 Å². The van der Waals surface area contributed by atoms with E-state index in [1.54, 1.807) is 0 Å². The van der Waals surface area contributed by atoms with E-state index in [1.807, 2.05) is 0 Å². The van der Waals surface area contributed by atoms with Crippen molar-refractivity contribution in [2.75, 3.05) is 13.1 Å². The first-order valence-corrected chi connectivity index (χ1v) is 5.70. The number of rotatable bonds is 7. The predicted octanol–water partition coefficient (Wildman–Crippen LogP) is 1.75. The summed E-state index contributed by atoms with van der Waals surface area (Å²) in [6, 6.07) is 0.369. The van der Waals surface area contributed by atoms with Crippen LogP contribution in [-0.2, 0) is 0 Å². The SMILES string of the molecule is CCCCC(N)CNCC1CC1C. The minimum Gasteiger partial charge on any atom is -0.327 e. The van der Waals surface area contributed by atoms with Crippen LogP contribution in [0.2, 0.25) is 0 Å². The molecule has 3 N–H and O–H groups in total. The zero-order valence-electron chi connectivity index (χ0n) is 9.05. The molecule has 0 heterocycles. The summed E-state index contributed by atoms with van der Waals surface area (Å²) in [5, 5.41) is 3.46. The van der Waals surface area contributed by atoms with Crippen LogP contribution >= 0.6 is 0 Å². The van der Waals surface area contributed by atoms with Gasteiger partial charge in [-0.2, -0.15) is 0 Å². The quantitative estimate of drug-likeness (QED) is 0.632. The first kappa shape index (κ1) is 11.0. The molecular formula is C11H24N2. The van der Waals surface area contributed by atoms with Crippen LogP contribution in [0, 0.1) is 11.8 Å². The summed E-state index contributed by atoms with van der Waals surface area (Å²) in [4.78, 5) is 0. The van der Waals surface area contributed by atoms with Crippen molar-refractivity contribution in [3.8, 4) is 0 Å². The largest absolute Gasteiger partial charge is 0.327 e. The Kier molecular flexibility index (Phi) is 4.74. The van der Waals surface area contributed by atoms with E-state index in [-0.39, 0.29) is 0 Å². The van der Waals surface area contributed by atoms with E-state index in [0.717, 1.165) is 18.4 Å². The van der Waals surface area contributed by atoms with Crippen LogP contribution in [0.15, 0.2) is 0 Å². The average molecular weight is 184 g/mol. The number of hydrogen-bond acceptors (Lipinski definition) is 2. The molecule has 0 aromatic rings. The molecule has 78 valence electrons. The highest BCUT2D eigenvalue weighted by atomic mass is 14.9. The topological polar surface area (TPSA) is 38.0 Å². The highest BCUT2D eigenvalue weighted by Crippen LogP contribution is 2.36. The summed E-state index contributed by atoms with van der Waals surface area (Å²) in [7, 11) is 0. The van der Waals surface area contributed by atoms with Crippen molar-refractivity contribution >= 4 is 0 Å². The molecule has 0 aromatic carbocycles. The van der Waals surface area contributed by atoms with Gasteiger partial charge in [0.2, 0.25) is 0 Å². The maximum atomic E-state index is 5.94. The van der Waals surface area contributed by atoms with Crippen molar-refractivity contribution in [2.45, 2.75) is 45.6 Å². The van der Waals surface area contributed by atoms with Gasteiger partial charge in [-0.3, -0.25) is 0 Å². The van der Waals surface area contributed by atoms with Crippen molar-refractivity contribution in [2.24, 2.45) is 17.6 Å². The van der Waals surface area contributed by atoms with E-state index in [9.17, 15) is 0 Å². The minimum atomic E-state index is 0.369. The first-order valence-electron chi connectivity index (χ1n) is 5.70. The molecule has 2 heteroatoms. The number of nitrogens with one attached hydrogen (secondary N) is 1. The lowest BCUT2D eigenvalue weighted by molar-refractivity contribution is 0.509. The lowest BCUT2D eigenvalue weighted by Gasteiger charge is -2.11. The molecule has 1 aliphatic carbocycles. The summed E-state index contributed by atoms with van der Waals surface area (Å²) in [5.74, 6) is 1.90. The zero-order valence-corrected chi connectivity index (χ0v) is 9.05. The second-order valence-electron chi connectivity index (χ2n) is 4.53. The molecule has 0 amide bonds. The highest BCUT2D eigenvalue weighted by Gasteiger charge is 2.31. The summed E-state index contributed by atoms with van der Waals surface area (Å²) >= 11 is 0. The highest BCUT2D eigenvalue weighted by molar-refractivity contribution is 4.84. The van der Waals surface area contributed by atoms with Crippen LogP contribution in [0.25, 0.3) is 0 Å².